The van der Waals surface area contributed by atoms with Gasteiger partial charge in [0.2, 0.25) is 0 Å². The van der Waals surface area contributed by atoms with E-state index in [-0.39, 0.29) is 0 Å². The molecule has 2 heterocycles. The summed E-state index contributed by atoms with van der Waals surface area (Å²) in [5.74, 6) is 1.69. The van der Waals surface area contributed by atoms with Crippen molar-refractivity contribution in [2.45, 2.75) is 33.2 Å². The summed E-state index contributed by atoms with van der Waals surface area (Å²) in [5, 5.41) is 9.86. The highest BCUT2D eigenvalue weighted by Gasteiger charge is 2.01. The molecule has 0 aliphatic carbocycles. The van der Waals surface area contributed by atoms with E-state index in [1.165, 1.54) is 5.01 Å². The van der Waals surface area contributed by atoms with Gasteiger partial charge in [-0.3, -0.25) is 0 Å². The van der Waals surface area contributed by atoms with Crippen molar-refractivity contribution in [3.8, 4) is 0 Å². The van der Waals surface area contributed by atoms with E-state index in [0.29, 0.717) is 6.54 Å². The average Bonchev–Trinajstić information content (AvgIpc) is 3.12. The van der Waals surface area contributed by atoms with Crippen molar-refractivity contribution in [3.63, 3.8) is 0 Å². The first kappa shape index (κ1) is 15.6. The number of aromatic nitrogens is 1. The topological polar surface area (TPSA) is 62.5 Å². The van der Waals surface area contributed by atoms with Gasteiger partial charge in [-0.15, -0.1) is 11.3 Å². The van der Waals surface area contributed by atoms with Crippen LogP contribution in [0.3, 0.4) is 0 Å². The molecule has 0 aliphatic heterocycles. The summed E-state index contributed by atoms with van der Waals surface area (Å²) in [6.07, 6.45) is 3.71. The van der Waals surface area contributed by atoms with E-state index in [1.54, 1.807) is 17.6 Å². The molecule has 2 N–H and O–H groups in total. The highest BCUT2D eigenvalue weighted by Crippen LogP contribution is 2.10. The van der Waals surface area contributed by atoms with Crippen molar-refractivity contribution in [3.05, 3.63) is 40.2 Å². The van der Waals surface area contributed by atoms with Crippen LogP contribution in [0, 0.1) is 6.92 Å². The fourth-order valence-corrected chi connectivity index (χ4v) is 2.68. The third-order valence-electron chi connectivity index (χ3n) is 2.84. The van der Waals surface area contributed by atoms with Gasteiger partial charge in [0.1, 0.15) is 12.3 Å². The molecule has 0 amide bonds. The Morgan fingerprint density at radius 2 is 2.33 bits per heavy atom. The van der Waals surface area contributed by atoms with Gasteiger partial charge in [-0.25, -0.2) is 9.98 Å². The fourth-order valence-electron chi connectivity index (χ4n) is 1.87. The van der Waals surface area contributed by atoms with Gasteiger partial charge in [0, 0.05) is 30.6 Å². The number of aryl methyl sites for hydroxylation is 2. The molecule has 0 aliphatic rings. The highest BCUT2D eigenvalue weighted by atomic mass is 32.1. The maximum absolute atomic E-state index is 5.28. The monoisotopic (exact) mass is 306 g/mol. The van der Waals surface area contributed by atoms with Crippen LogP contribution in [0.25, 0.3) is 0 Å². The number of thiazole rings is 1. The van der Waals surface area contributed by atoms with Crippen LogP contribution in [0.1, 0.15) is 29.8 Å². The largest absolute Gasteiger partial charge is 0.467 e. The number of furan rings is 1. The lowest BCUT2D eigenvalue weighted by molar-refractivity contribution is 0.512. The number of nitrogens with zero attached hydrogens (tertiary/aromatic N) is 2. The molecule has 114 valence electrons. The minimum atomic E-state index is 0.550. The van der Waals surface area contributed by atoms with Crippen molar-refractivity contribution in [2.75, 3.05) is 13.1 Å². The van der Waals surface area contributed by atoms with Gasteiger partial charge in [-0.05, 0) is 32.4 Å². The molecule has 5 nitrogen and oxygen atoms in total. The summed E-state index contributed by atoms with van der Waals surface area (Å²) < 4.78 is 5.28. The molecule has 0 unspecified atom stereocenters. The molecule has 0 bridgehead atoms. The SMILES string of the molecule is CCNC(=NCc1ccco1)NCCCc1nc(C)cs1. The van der Waals surface area contributed by atoms with Gasteiger partial charge in [0.15, 0.2) is 5.96 Å². The van der Waals surface area contributed by atoms with Crippen molar-refractivity contribution in [2.24, 2.45) is 4.99 Å². The zero-order valence-electron chi connectivity index (χ0n) is 12.6. The third-order valence-corrected chi connectivity index (χ3v) is 3.87. The van der Waals surface area contributed by atoms with E-state index in [4.69, 9.17) is 4.42 Å². The smallest absolute Gasteiger partial charge is 0.191 e. The molecule has 0 saturated heterocycles. The van der Waals surface area contributed by atoms with E-state index in [9.17, 15) is 0 Å². The first-order valence-electron chi connectivity index (χ1n) is 7.23. The van der Waals surface area contributed by atoms with Crippen molar-refractivity contribution >= 4 is 17.3 Å². The van der Waals surface area contributed by atoms with Gasteiger partial charge in [-0.1, -0.05) is 0 Å². The summed E-state index contributed by atoms with van der Waals surface area (Å²) in [6.45, 7) is 6.36. The highest BCUT2D eigenvalue weighted by molar-refractivity contribution is 7.09. The Morgan fingerprint density at radius 1 is 1.43 bits per heavy atom. The second-order valence-electron chi connectivity index (χ2n) is 4.69. The van der Waals surface area contributed by atoms with Crippen LogP contribution < -0.4 is 10.6 Å². The number of nitrogens with one attached hydrogen (secondary N) is 2. The second-order valence-corrected chi connectivity index (χ2v) is 5.63. The molecular weight excluding hydrogens is 284 g/mol. The maximum atomic E-state index is 5.28. The second kappa shape index (κ2) is 8.46. The predicted octanol–water partition coefficient (Wildman–Crippen LogP) is 2.73. The van der Waals surface area contributed by atoms with Crippen molar-refractivity contribution in [1.82, 2.24) is 15.6 Å². The van der Waals surface area contributed by atoms with E-state index in [0.717, 1.165) is 43.3 Å². The minimum absolute atomic E-state index is 0.550. The molecule has 0 aromatic carbocycles. The quantitative estimate of drug-likeness (QED) is 0.469. The number of rotatable bonds is 7. The normalized spacial score (nSPS) is 11.6. The Bertz CT molecular complexity index is 548. The summed E-state index contributed by atoms with van der Waals surface area (Å²) in [7, 11) is 0. The number of guanidine groups is 1. The molecule has 0 radical (unpaired) electrons. The number of hydrogen-bond acceptors (Lipinski definition) is 4. The summed E-state index contributed by atoms with van der Waals surface area (Å²) in [4.78, 5) is 8.96. The van der Waals surface area contributed by atoms with Gasteiger partial charge < -0.3 is 15.1 Å². The Kier molecular flexibility index (Phi) is 6.27. The summed E-state index contributed by atoms with van der Waals surface area (Å²) >= 11 is 1.73. The van der Waals surface area contributed by atoms with Crippen LogP contribution in [0.15, 0.2) is 33.2 Å². The maximum Gasteiger partial charge on any atom is 0.191 e. The van der Waals surface area contributed by atoms with Crippen molar-refractivity contribution < 1.29 is 4.42 Å². The Balaban J connectivity index is 1.73. The third kappa shape index (κ3) is 5.59. The van der Waals surface area contributed by atoms with Crippen LogP contribution in [0.2, 0.25) is 0 Å². The molecule has 6 heteroatoms. The van der Waals surface area contributed by atoms with Gasteiger partial charge in [0.25, 0.3) is 0 Å². The molecule has 0 spiro atoms. The number of hydrogen-bond donors (Lipinski definition) is 2. The number of aliphatic imine (C=N–C) groups is 1. The van der Waals surface area contributed by atoms with Crippen LogP contribution in [-0.2, 0) is 13.0 Å². The standard InChI is InChI=1S/C15H22N4OS/c1-3-16-15(18-10-13-6-5-9-20-13)17-8-4-7-14-19-12(2)11-21-14/h5-6,9,11H,3-4,7-8,10H2,1-2H3,(H2,16,17,18). The van der Waals surface area contributed by atoms with Gasteiger partial charge in [-0.2, -0.15) is 0 Å². The molecule has 0 saturated carbocycles. The van der Waals surface area contributed by atoms with E-state index >= 15 is 0 Å². The molecule has 21 heavy (non-hydrogen) atoms. The van der Waals surface area contributed by atoms with E-state index in [2.05, 4.69) is 32.9 Å². The van der Waals surface area contributed by atoms with Gasteiger partial charge in [0.05, 0.1) is 11.3 Å². The molecule has 2 aromatic heterocycles. The Hall–Kier alpha value is -1.82. The lowest BCUT2D eigenvalue weighted by Crippen LogP contribution is -2.37. The zero-order chi connectivity index (χ0) is 14.9. The van der Waals surface area contributed by atoms with Crippen LogP contribution in [-0.4, -0.2) is 24.0 Å². The van der Waals surface area contributed by atoms with Crippen LogP contribution in [0.4, 0.5) is 0 Å². The van der Waals surface area contributed by atoms with E-state index < -0.39 is 0 Å². The molecule has 2 aromatic rings. The lowest BCUT2D eigenvalue weighted by Gasteiger charge is -2.10. The fraction of sp³-hybridized carbons (Fsp3) is 0.467. The molecular formula is C15H22N4OS. The van der Waals surface area contributed by atoms with Crippen molar-refractivity contribution in [1.29, 1.82) is 0 Å². The van der Waals surface area contributed by atoms with Gasteiger partial charge >= 0.3 is 0 Å². The Morgan fingerprint density at radius 3 is 3.00 bits per heavy atom. The first-order chi connectivity index (χ1) is 10.3. The molecule has 0 fully saturated rings. The minimum Gasteiger partial charge on any atom is -0.467 e. The van der Waals surface area contributed by atoms with Crippen LogP contribution in [0.5, 0.6) is 0 Å². The van der Waals surface area contributed by atoms with E-state index in [1.807, 2.05) is 19.1 Å². The molecule has 0 atom stereocenters. The summed E-state index contributed by atoms with van der Waals surface area (Å²) in [5.41, 5.74) is 1.11. The summed E-state index contributed by atoms with van der Waals surface area (Å²) in [6, 6.07) is 3.80. The molecule has 2 rings (SSSR count). The zero-order valence-corrected chi connectivity index (χ0v) is 13.4. The first-order valence-corrected chi connectivity index (χ1v) is 8.11. The lowest BCUT2D eigenvalue weighted by atomic mass is 10.3. The predicted molar refractivity (Wildman–Crippen MR) is 86.7 cm³/mol. The van der Waals surface area contributed by atoms with Crippen LogP contribution >= 0.6 is 11.3 Å². The average molecular weight is 306 g/mol. The Labute approximate surface area is 129 Å².